The van der Waals surface area contributed by atoms with Crippen molar-refractivity contribution in [1.82, 2.24) is 0 Å². The number of aliphatic hydroxyl groups is 1. The van der Waals surface area contributed by atoms with Gasteiger partial charge in [-0.2, -0.15) is 8.78 Å². The summed E-state index contributed by atoms with van der Waals surface area (Å²) in [4.78, 5) is 10.8. The van der Waals surface area contributed by atoms with E-state index in [1.54, 1.807) is 6.92 Å². The second-order valence-electron chi connectivity index (χ2n) is 3.20. The summed E-state index contributed by atoms with van der Waals surface area (Å²) in [5.74, 6) is -0.914. The SMILES string of the molecule is CCOc1ccc(NC(=O)C(F)F)cc1CO. The molecule has 1 aromatic rings. The molecule has 2 N–H and O–H groups in total. The van der Waals surface area contributed by atoms with Crippen molar-refractivity contribution in [3.05, 3.63) is 23.8 Å². The van der Waals surface area contributed by atoms with Crippen LogP contribution in [0.3, 0.4) is 0 Å². The number of benzene rings is 1. The molecule has 0 aliphatic rings. The minimum atomic E-state index is -3.07. The van der Waals surface area contributed by atoms with E-state index in [0.29, 0.717) is 17.9 Å². The molecule has 0 radical (unpaired) electrons. The zero-order valence-electron chi connectivity index (χ0n) is 9.24. The van der Waals surface area contributed by atoms with Crippen LogP contribution >= 0.6 is 0 Å². The standard InChI is InChI=1S/C11H13F2NO3/c1-2-17-9-4-3-8(5-7(9)6-15)14-11(16)10(12)13/h3-5,10,15H,2,6H2,1H3,(H,14,16). The molecule has 0 aliphatic carbocycles. The van der Waals surface area contributed by atoms with E-state index in [1.807, 2.05) is 5.32 Å². The fourth-order valence-electron chi connectivity index (χ4n) is 1.27. The van der Waals surface area contributed by atoms with Crippen LogP contribution in [0.5, 0.6) is 5.75 Å². The molecule has 0 fully saturated rings. The number of amides is 1. The molecule has 1 rings (SSSR count). The largest absolute Gasteiger partial charge is 0.494 e. The van der Waals surface area contributed by atoms with Crippen molar-refractivity contribution in [2.75, 3.05) is 11.9 Å². The van der Waals surface area contributed by atoms with Gasteiger partial charge in [0.1, 0.15) is 5.75 Å². The van der Waals surface area contributed by atoms with E-state index >= 15 is 0 Å². The van der Waals surface area contributed by atoms with Gasteiger partial charge in [0.15, 0.2) is 0 Å². The summed E-state index contributed by atoms with van der Waals surface area (Å²) in [5, 5.41) is 11.1. The summed E-state index contributed by atoms with van der Waals surface area (Å²) in [6, 6.07) is 4.34. The fraction of sp³-hybridized carbons (Fsp3) is 0.364. The number of anilines is 1. The second kappa shape index (κ2) is 6.15. The van der Waals surface area contributed by atoms with Crippen molar-refractivity contribution in [1.29, 1.82) is 0 Å². The molecular formula is C11H13F2NO3. The van der Waals surface area contributed by atoms with Crippen LogP contribution in [0.25, 0.3) is 0 Å². The Kier molecular flexibility index (Phi) is 4.84. The van der Waals surface area contributed by atoms with Crippen molar-refractivity contribution in [3.63, 3.8) is 0 Å². The molecular weight excluding hydrogens is 232 g/mol. The van der Waals surface area contributed by atoms with E-state index in [0.717, 1.165) is 0 Å². The van der Waals surface area contributed by atoms with Crippen LogP contribution in [-0.2, 0) is 11.4 Å². The maximum Gasteiger partial charge on any atom is 0.315 e. The van der Waals surface area contributed by atoms with Crippen LogP contribution in [0.2, 0.25) is 0 Å². The van der Waals surface area contributed by atoms with E-state index < -0.39 is 12.3 Å². The molecule has 4 nitrogen and oxygen atoms in total. The minimum absolute atomic E-state index is 0.197. The lowest BCUT2D eigenvalue weighted by Crippen LogP contribution is -2.20. The Bertz CT molecular complexity index is 396. The molecule has 0 bridgehead atoms. The van der Waals surface area contributed by atoms with Crippen LogP contribution in [0.1, 0.15) is 12.5 Å². The third kappa shape index (κ3) is 3.67. The number of halogens is 2. The van der Waals surface area contributed by atoms with E-state index in [4.69, 9.17) is 9.84 Å². The van der Waals surface area contributed by atoms with Crippen molar-refractivity contribution in [3.8, 4) is 5.75 Å². The first-order chi connectivity index (χ1) is 8.08. The summed E-state index contributed by atoms with van der Waals surface area (Å²) in [6.45, 7) is 1.91. The van der Waals surface area contributed by atoms with E-state index in [2.05, 4.69) is 0 Å². The van der Waals surface area contributed by atoms with E-state index in [1.165, 1.54) is 18.2 Å². The number of nitrogens with one attached hydrogen (secondary N) is 1. The highest BCUT2D eigenvalue weighted by molar-refractivity contribution is 5.93. The molecule has 0 unspecified atom stereocenters. The maximum atomic E-state index is 12.0. The molecule has 0 saturated carbocycles. The number of alkyl halides is 2. The lowest BCUT2D eigenvalue weighted by atomic mass is 10.2. The Morgan fingerprint density at radius 1 is 1.53 bits per heavy atom. The van der Waals surface area contributed by atoms with Crippen LogP contribution < -0.4 is 10.1 Å². The van der Waals surface area contributed by atoms with Gasteiger partial charge in [-0.05, 0) is 25.1 Å². The molecule has 0 saturated heterocycles. The topological polar surface area (TPSA) is 58.6 Å². The van der Waals surface area contributed by atoms with Gasteiger partial charge in [-0.25, -0.2) is 0 Å². The Morgan fingerprint density at radius 3 is 2.76 bits per heavy atom. The van der Waals surface area contributed by atoms with Crippen LogP contribution in [0.15, 0.2) is 18.2 Å². The van der Waals surface area contributed by atoms with Gasteiger partial charge in [0.05, 0.1) is 13.2 Å². The first-order valence-corrected chi connectivity index (χ1v) is 5.04. The number of aliphatic hydroxyl groups excluding tert-OH is 1. The van der Waals surface area contributed by atoms with Crippen molar-refractivity contribution < 1.29 is 23.4 Å². The van der Waals surface area contributed by atoms with Crippen LogP contribution in [-0.4, -0.2) is 24.0 Å². The average molecular weight is 245 g/mol. The zero-order chi connectivity index (χ0) is 12.8. The number of hydrogen-bond donors (Lipinski definition) is 2. The van der Waals surface area contributed by atoms with Gasteiger partial charge < -0.3 is 15.2 Å². The van der Waals surface area contributed by atoms with Gasteiger partial charge >= 0.3 is 6.43 Å². The van der Waals surface area contributed by atoms with Gasteiger partial charge in [-0.1, -0.05) is 0 Å². The van der Waals surface area contributed by atoms with Crippen LogP contribution in [0.4, 0.5) is 14.5 Å². The number of rotatable bonds is 5. The summed E-state index contributed by atoms with van der Waals surface area (Å²) in [6.07, 6.45) is -3.07. The zero-order valence-corrected chi connectivity index (χ0v) is 9.24. The Balaban J connectivity index is 2.85. The van der Waals surface area contributed by atoms with Gasteiger partial charge in [-0.15, -0.1) is 0 Å². The Morgan fingerprint density at radius 2 is 2.24 bits per heavy atom. The quantitative estimate of drug-likeness (QED) is 0.831. The van der Waals surface area contributed by atoms with Crippen molar-refractivity contribution in [2.24, 2.45) is 0 Å². The molecule has 6 heteroatoms. The summed E-state index contributed by atoms with van der Waals surface area (Å²) >= 11 is 0. The fourth-order valence-corrected chi connectivity index (χ4v) is 1.27. The highest BCUT2D eigenvalue weighted by Crippen LogP contribution is 2.23. The van der Waals surface area contributed by atoms with Gasteiger partial charge in [0, 0.05) is 11.3 Å². The predicted molar refractivity (Wildman–Crippen MR) is 58.2 cm³/mol. The first-order valence-electron chi connectivity index (χ1n) is 5.04. The van der Waals surface area contributed by atoms with Gasteiger partial charge in [0.2, 0.25) is 0 Å². The lowest BCUT2D eigenvalue weighted by Gasteiger charge is -2.11. The third-order valence-electron chi connectivity index (χ3n) is 2.00. The number of carbonyl (C=O) groups excluding carboxylic acids is 1. The average Bonchev–Trinajstić information content (AvgIpc) is 2.31. The minimum Gasteiger partial charge on any atom is -0.494 e. The monoisotopic (exact) mass is 245 g/mol. The molecule has 0 aliphatic heterocycles. The van der Waals surface area contributed by atoms with Gasteiger partial charge in [0.25, 0.3) is 5.91 Å². The number of hydrogen-bond acceptors (Lipinski definition) is 3. The highest BCUT2D eigenvalue weighted by Gasteiger charge is 2.15. The molecule has 0 atom stereocenters. The molecule has 0 aromatic heterocycles. The summed E-state index contributed by atoms with van der Waals surface area (Å²) in [5.41, 5.74) is 0.627. The Hall–Kier alpha value is -1.69. The highest BCUT2D eigenvalue weighted by atomic mass is 19.3. The molecule has 0 heterocycles. The molecule has 0 spiro atoms. The second-order valence-corrected chi connectivity index (χ2v) is 3.20. The third-order valence-corrected chi connectivity index (χ3v) is 2.00. The van der Waals surface area contributed by atoms with Gasteiger partial charge in [-0.3, -0.25) is 4.79 Å². The van der Waals surface area contributed by atoms with E-state index in [-0.39, 0.29) is 12.3 Å². The molecule has 94 valence electrons. The molecule has 1 aromatic carbocycles. The normalized spacial score (nSPS) is 10.4. The number of ether oxygens (including phenoxy) is 1. The summed E-state index contributed by atoms with van der Waals surface area (Å²) < 4.78 is 29.2. The Labute approximate surface area is 97.2 Å². The smallest absolute Gasteiger partial charge is 0.315 e. The van der Waals surface area contributed by atoms with Crippen LogP contribution in [0, 0.1) is 0 Å². The lowest BCUT2D eigenvalue weighted by molar-refractivity contribution is -0.126. The summed E-state index contributed by atoms with van der Waals surface area (Å²) in [7, 11) is 0. The number of carbonyl (C=O) groups is 1. The van der Waals surface area contributed by atoms with E-state index in [9.17, 15) is 13.6 Å². The van der Waals surface area contributed by atoms with Crippen molar-refractivity contribution in [2.45, 2.75) is 20.0 Å². The molecule has 1 amide bonds. The molecule has 17 heavy (non-hydrogen) atoms. The predicted octanol–water partition coefficient (Wildman–Crippen LogP) is 1.78. The first kappa shape index (κ1) is 13.4. The van der Waals surface area contributed by atoms with Crippen molar-refractivity contribution >= 4 is 11.6 Å². The maximum absolute atomic E-state index is 12.0.